The monoisotopic (exact) mass is 348 g/mol. The summed E-state index contributed by atoms with van der Waals surface area (Å²) in [6.07, 6.45) is 0. The van der Waals surface area contributed by atoms with Gasteiger partial charge in [0.15, 0.2) is 0 Å². The summed E-state index contributed by atoms with van der Waals surface area (Å²) in [5.41, 5.74) is 2.67. The SMILES string of the molecule is CCn1c(C(=O)NCc2cccc(OC)c2)cc2sc(Cl)cc21. The van der Waals surface area contributed by atoms with Gasteiger partial charge in [-0.05, 0) is 36.8 Å². The van der Waals surface area contributed by atoms with E-state index in [2.05, 4.69) is 5.32 Å². The van der Waals surface area contributed by atoms with Crippen LogP contribution in [0.15, 0.2) is 36.4 Å². The molecule has 2 heterocycles. The van der Waals surface area contributed by atoms with E-state index < -0.39 is 0 Å². The highest BCUT2D eigenvalue weighted by Gasteiger charge is 2.16. The fourth-order valence-electron chi connectivity index (χ4n) is 2.60. The third kappa shape index (κ3) is 3.21. The predicted molar refractivity (Wildman–Crippen MR) is 94.7 cm³/mol. The van der Waals surface area contributed by atoms with Gasteiger partial charge in [0, 0.05) is 13.1 Å². The van der Waals surface area contributed by atoms with Gasteiger partial charge in [-0.15, -0.1) is 11.3 Å². The van der Waals surface area contributed by atoms with Gasteiger partial charge in [0.05, 0.1) is 21.7 Å². The van der Waals surface area contributed by atoms with E-state index in [4.69, 9.17) is 16.3 Å². The molecule has 0 unspecified atom stereocenters. The van der Waals surface area contributed by atoms with Crippen molar-refractivity contribution < 1.29 is 9.53 Å². The molecule has 2 aromatic heterocycles. The lowest BCUT2D eigenvalue weighted by Gasteiger charge is -2.09. The number of carbonyl (C=O) groups excluding carboxylic acids is 1. The van der Waals surface area contributed by atoms with E-state index in [0.717, 1.165) is 32.4 Å². The van der Waals surface area contributed by atoms with Gasteiger partial charge in [-0.2, -0.15) is 0 Å². The Morgan fingerprint density at radius 3 is 2.91 bits per heavy atom. The van der Waals surface area contributed by atoms with E-state index in [1.54, 1.807) is 7.11 Å². The molecule has 0 atom stereocenters. The molecule has 3 aromatic rings. The first-order valence-corrected chi connectivity index (χ1v) is 8.51. The second-order valence-electron chi connectivity index (χ2n) is 5.11. The maximum atomic E-state index is 12.5. The largest absolute Gasteiger partial charge is 0.497 e. The van der Waals surface area contributed by atoms with E-state index in [0.29, 0.717) is 12.2 Å². The Balaban J connectivity index is 1.79. The molecule has 0 saturated carbocycles. The van der Waals surface area contributed by atoms with E-state index in [-0.39, 0.29) is 5.91 Å². The maximum absolute atomic E-state index is 12.5. The number of halogens is 1. The molecule has 0 aliphatic carbocycles. The molecule has 4 nitrogen and oxygen atoms in total. The summed E-state index contributed by atoms with van der Waals surface area (Å²) < 4.78 is 8.95. The molecule has 120 valence electrons. The van der Waals surface area contributed by atoms with Crippen LogP contribution in [0, 0.1) is 0 Å². The van der Waals surface area contributed by atoms with E-state index >= 15 is 0 Å². The van der Waals surface area contributed by atoms with Crippen LogP contribution in [0.2, 0.25) is 4.34 Å². The minimum atomic E-state index is -0.0887. The standard InChI is InChI=1S/C17H17ClN2O2S/c1-3-20-13-9-16(18)23-15(13)8-14(20)17(21)19-10-11-5-4-6-12(7-11)22-2/h4-9H,3,10H2,1-2H3,(H,19,21). The van der Waals surface area contributed by atoms with Crippen LogP contribution in [-0.4, -0.2) is 17.6 Å². The van der Waals surface area contributed by atoms with Gasteiger partial charge in [0.2, 0.25) is 0 Å². The summed E-state index contributed by atoms with van der Waals surface area (Å²) >= 11 is 7.54. The van der Waals surface area contributed by atoms with Gasteiger partial charge in [0.1, 0.15) is 11.4 Å². The normalized spacial score (nSPS) is 10.9. The summed E-state index contributed by atoms with van der Waals surface area (Å²) in [5, 5.41) is 2.96. The fourth-order valence-corrected chi connectivity index (χ4v) is 3.77. The van der Waals surface area contributed by atoms with E-state index in [9.17, 15) is 4.79 Å². The van der Waals surface area contributed by atoms with Crippen LogP contribution in [0.3, 0.4) is 0 Å². The van der Waals surface area contributed by atoms with E-state index in [1.165, 1.54) is 11.3 Å². The van der Waals surface area contributed by atoms with Crippen LogP contribution in [0.4, 0.5) is 0 Å². The number of methoxy groups -OCH3 is 1. The van der Waals surface area contributed by atoms with Crippen molar-refractivity contribution >= 4 is 39.1 Å². The topological polar surface area (TPSA) is 43.3 Å². The molecule has 23 heavy (non-hydrogen) atoms. The Labute approximate surface area is 143 Å². The number of nitrogens with zero attached hydrogens (tertiary/aromatic N) is 1. The zero-order valence-corrected chi connectivity index (χ0v) is 14.5. The van der Waals surface area contributed by atoms with Crippen molar-refractivity contribution in [2.75, 3.05) is 7.11 Å². The molecule has 0 bridgehead atoms. The number of aryl methyl sites for hydroxylation is 1. The van der Waals surface area contributed by atoms with Crippen LogP contribution >= 0.6 is 22.9 Å². The molecule has 0 fully saturated rings. The lowest BCUT2D eigenvalue weighted by molar-refractivity contribution is 0.0942. The first kappa shape index (κ1) is 15.9. The van der Waals surface area contributed by atoms with Gasteiger partial charge < -0.3 is 14.6 Å². The number of benzene rings is 1. The molecular weight excluding hydrogens is 332 g/mol. The molecule has 0 radical (unpaired) electrons. The van der Waals surface area contributed by atoms with Crippen molar-refractivity contribution in [3.8, 4) is 5.75 Å². The smallest absolute Gasteiger partial charge is 0.268 e. The third-order valence-corrected chi connectivity index (χ3v) is 4.90. The number of aromatic nitrogens is 1. The number of carbonyl (C=O) groups is 1. The molecule has 6 heteroatoms. The van der Waals surface area contributed by atoms with Gasteiger partial charge in [-0.25, -0.2) is 0 Å². The van der Waals surface area contributed by atoms with Crippen LogP contribution in [0.1, 0.15) is 23.0 Å². The molecule has 0 saturated heterocycles. The van der Waals surface area contributed by atoms with Crippen LogP contribution in [0.5, 0.6) is 5.75 Å². The molecule has 1 N–H and O–H groups in total. The van der Waals surface area contributed by atoms with Crippen molar-refractivity contribution in [3.05, 3.63) is 52.0 Å². The molecule has 1 aromatic carbocycles. The average Bonchev–Trinajstić information content (AvgIpc) is 3.08. The molecule has 0 aliphatic rings. The van der Waals surface area contributed by atoms with E-state index in [1.807, 2.05) is 47.9 Å². The van der Waals surface area contributed by atoms with Gasteiger partial charge in [-0.3, -0.25) is 4.79 Å². The van der Waals surface area contributed by atoms with Gasteiger partial charge >= 0.3 is 0 Å². The summed E-state index contributed by atoms with van der Waals surface area (Å²) in [7, 11) is 1.63. The Morgan fingerprint density at radius 2 is 2.17 bits per heavy atom. The van der Waals surface area contributed by atoms with Crippen molar-refractivity contribution in [3.63, 3.8) is 0 Å². The van der Waals surface area contributed by atoms with Crippen LogP contribution < -0.4 is 10.1 Å². The minimum Gasteiger partial charge on any atom is -0.497 e. The number of hydrogen-bond acceptors (Lipinski definition) is 3. The number of rotatable bonds is 5. The van der Waals surface area contributed by atoms with Crippen LogP contribution in [-0.2, 0) is 13.1 Å². The number of hydrogen-bond donors (Lipinski definition) is 1. The highest BCUT2D eigenvalue weighted by molar-refractivity contribution is 7.22. The van der Waals surface area contributed by atoms with Crippen LogP contribution in [0.25, 0.3) is 10.2 Å². The van der Waals surface area contributed by atoms with Crippen molar-refractivity contribution in [1.82, 2.24) is 9.88 Å². The second kappa shape index (κ2) is 6.64. The quantitative estimate of drug-likeness (QED) is 0.746. The highest BCUT2D eigenvalue weighted by atomic mass is 35.5. The second-order valence-corrected chi connectivity index (χ2v) is 6.82. The Kier molecular flexibility index (Phi) is 4.59. The number of fused-ring (bicyclic) bond motifs is 1. The molecular formula is C17H17ClN2O2S. The number of thiophene rings is 1. The summed E-state index contributed by atoms with van der Waals surface area (Å²) in [5.74, 6) is 0.693. The Bertz CT molecular complexity index is 854. The third-order valence-electron chi connectivity index (χ3n) is 3.70. The van der Waals surface area contributed by atoms with Crippen molar-refractivity contribution in [1.29, 1.82) is 0 Å². The minimum absolute atomic E-state index is 0.0887. The lowest BCUT2D eigenvalue weighted by Crippen LogP contribution is -2.25. The van der Waals surface area contributed by atoms with Gasteiger partial charge in [-0.1, -0.05) is 23.7 Å². The molecule has 1 amide bonds. The van der Waals surface area contributed by atoms with Crippen molar-refractivity contribution in [2.45, 2.75) is 20.0 Å². The molecule has 3 rings (SSSR count). The van der Waals surface area contributed by atoms with Gasteiger partial charge in [0.25, 0.3) is 5.91 Å². The number of ether oxygens (including phenoxy) is 1. The summed E-state index contributed by atoms with van der Waals surface area (Å²) in [4.78, 5) is 12.5. The molecule has 0 spiro atoms. The fraction of sp³-hybridized carbons (Fsp3) is 0.235. The average molecular weight is 349 g/mol. The lowest BCUT2D eigenvalue weighted by atomic mass is 10.2. The Hall–Kier alpha value is -1.98. The first-order valence-electron chi connectivity index (χ1n) is 7.32. The number of nitrogens with one attached hydrogen (secondary N) is 1. The van der Waals surface area contributed by atoms with Crippen molar-refractivity contribution in [2.24, 2.45) is 0 Å². The highest BCUT2D eigenvalue weighted by Crippen LogP contribution is 2.32. The molecule has 0 aliphatic heterocycles. The predicted octanol–water partition coefficient (Wildman–Crippen LogP) is 4.31. The zero-order chi connectivity index (χ0) is 16.4. The maximum Gasteiger partial charge on any atom is 0.268 e. The Morgan fingerprint density at radius 1 is 1.35 bits per heavy atom. The summed E-state index contributed by atoms with van der Waals surface area (Å²) in [6, 6.07) is 11.5. The number of amides is 1. The zero-order valence-electron chi connectivity index (χ0n) is 12.9. The summed E-state index contributed by atoms with van der Waals surface area (Å²) in [6.45, 7) is 3.20. The first-order chi connectivity index (χ1) is 11.1.